The van der Waals surface area contributed by atoms with Crippen LogP contribution in [0.15, 0.2) is 0 Å². The molecule has 0 aromatic rings. The van der Waals surface area contributed by atoms with Gasteiger partial charge in [0.2, 0.25) is 0 Å². The highest BCUT2D eigenvalue weighted by Gasteiger charge is 2.11. The minimum absolute atomic E-state index is 0.191. The molecule has 10 heavy (non-hydrogen) atoms. The normalized spacial score (nSPS) is 12.7. The van der Waals surface area contributed by atoms with E-state index in [1.807, 2.05) is 0 Å². The maximum atomic E-state index is 11.3. The number of nitrogens with one attached hydrogen (secondary N) is 1. The first-order valence-corrected chi connectivity index (χ1v) is 3.13. The zero-order chi connectivity index (χ0) is 7.98. The second kappa shape index (κ2) is 5.17. The predicted molar refractivity (Wildman–Crippen MR) is 34.9 cm³/mol. The predicted octanol–water partition coefficient (Wildman–Crippen LogP) is 0.660. The van der Waals surface area contributed by atoms with Crippen molar-refractivity contribution in [2.24, 2.45) is 5.92 Å². The van der Waals surface area contributed by atoms with Crippen molar-refractivity contribution in [3.8, 4) is 0 Å². The molecule has 0 aliphatic carbocycles. The molecule has 0 aliphatic rings. The van der Waals surface area contributed by atoms with Crippen LogP contribution in [-0.4, -0.2) is 19.6 Å². The van der Waals surface area contributed by atoms with E-state index in [9.17, 15) is 9.28 Å². The van der Waals surface area contributed by atoms with Gasteiger partial charge < -0.3 is 4.74 Å². The van der Waals surface area contributed by atoms with Crippen LogP contribution in [0.4, 0.5) is 4.48 Å². The molecule has 0 bridgehead atoms. The fourth-order valence-electron chi connectivity index (χ4n) is 0.590. The van der Waals surface area contributed by atoms with Crippen molar-refractivity contribution in [3.05, 3.63) is 0 Å². The maximum absolute atomic E-state index is 11.3. The summed E-state index contributed by atoms with van der Waals surface area (Å²) >= 11 is 0. The van der Waals surface area contributed by atoms with Crippen LogP contribution in [0.25, 0.3) is 0 Å². The SMILES string of the molecule is COC(=O)[C@@H](C)CCNF. The summed E-state index contributed by atoms with van der Waals surface area (Å²) in [4.78, 5) is 10.6. The zero-order valence-corrected chi connectivity index (χ0v) is 6.19. The Morgan fingerprint density at radius 2 is 2.40 bits per heavy atom. The summed E-state index contributed by atoms with van der Waals surface area (Å²) < 4.78 is 15.7. The number of halogens is 1. The van der Waals surface area contributed by atoms with E-state index in [0.29, 0.717) is 6.42 Å². The molecule has 3 nitrogen and oxygen atoms in total. The van der Waals surface area contributed by atoms with Crippen molar-refractivity contribution in [2.75, 3.05) is 13.7 Å². The number of ether oxygens (including phenoxy) is 1. The van der Waals surface area contributed by atoms with Gasteiger partial charge in [0.25, 0.3) is 0 Å². The third kappa shape index (κ3) is 3.40. The van der Waals surface area contributed by atoms with Crippen molar-refractivity contribution < 1.29 is 14.0 Å². The largest absolute Gasteiger partial charge is 0.469 e. The van der Waals surface area contributed by atoms with Gasteiger partial charge in [-0.15, -0.1) is 4.48 Å². The van der Waals surface area contributed by atoms with Gasteiger partial charge in [0.05, 0.1) is 13.0 Å². The lowest BCUT2D eigenvalue weighted by molar-refractivity contribution is -0.145. The molecule has 0 heterocycles. The summed E-state index contributed by atoms with van der Waals surface area (Å²) in [5, 5.41) is 0. The van der Waals surface area contributed by atoms with Crippen LogP contribution in [0.5, 0.6) is 0 Å². The average molecular weight is 149 g/mol. The monoisotopic (exact) mass is 149 g/mol. The van der Waals surface area contributed by atoms with E-state index >= 15 is 0 Å². The van der Waals surface area contributed by atoms with Gasteiger partial charge in [0.1, 0.15) is 0 Å². The number of methoxy groups -OCH3 is 1. The van der Waals surface area contributed by atoms with Gasteiger partial charge in [-0.1, -0.05) is 6.92 Å². The third-order valence-electron chi connectivity index (χ3n) is 1.28. The Morgan fingerprint density at radius 1 is 1.80 bits per heavy atom. The van der Waals surface area contributed by atoms with Gasteiger partial charge in [0, 0.05) is 6.54 Å². The fraction of sp³-hybridized carbons (Fsp3) is 0.833. The lowest BCUT2D eigenvalue weighted by Crippen LogP contribution is -2.17. The molecule has 0 aliphatic heterocycles. The van der Waals surface area contributed by atoms with E-state index < -0.39 is 0 Å². The molecular weight excluding hydrogens is 137 g/mol. The molecule has 0 saturated heterocycles. The summed E-state index contributed by atoms with van der Waals surface area (Å²) in [5.41, 5.74) is 1.47. The van der Waals surface area contributed by atoms with Crippen LogP contribution < -0.4 is 5.54 Å². The van der Waals surface area contributed by atoms with Gasteiger partial charge in [-0.3, -0.25) is 4.79 Å². The molecule has 4 heteroatoms. The molecule has 1 atom stereocenters. The van der Waals surface area contributed by atoms with Crippen LogP contribution >= 0.6 is 0 Å². The minimum atomic E-state index is -0.296. The second-order valence-corrected chi connectivity index (χ2v) is 2.10. The van der Waals surface area contributed by atoms with Crippen molar-refractivity contribution in [2.45, 2.75) is 13.3 Å². The van der Waals surface area contributed by atoms with Crippen LogP contribution in [-0.2, 0) is 9.53 Å². The number of hydrogen-bond acceptors (Lipinski definition) is 3. The van der Waals surface area contributed by atoms with Crippen LogP contribution in [0.3, 0.4) is 0 Å². The Labute approximate surface area is 59.5 Å². The number of rotatable bonds is 4. The Hall–Kier alpha value is -0.640. The van der Waals surface area contributed by atoms with Crippen molar-refractivity contribution >= 4 is 5.97 Å². The topological polar surface area (TPSA) is 38.3 Å². The van der Waals surface area contributed by atoms with Crippen LogP contribution in [0.2, 0.25) is 0 Å². The first-order chi connectivity index (χ1) is 4.72. The molecule has 0 fully saturated rings. The highest BCUT2D eigenvalue weighted by Crippen LogP contribution is 2.01. The first-order valence-electron chi connectivity index (χ1n) is 3.13. The van der Waals surface area contributed by atoms with Gasteiger partial charge in [-0.05, 0) is 6.42 Å². The molecule has 0 saturated carbocycles. The third-order valence-corrected chi connectivity index (χ3v) is 1.28. The molecule has 0 aromatic heterocycles. The van der Waals surface area contributed by atoms with E-state index in [1.165, 1.54) is 12.6 Å². The van der Waals surface area contributed by atoms with Gasteiger partial charge in [-0.2, -0.15) is 5.54 Å². The lowest BCUT2D eigenvalue weighted by Gasteiger charge is -2.05. The minimum Gasteiger partial charge on any atom is -0.469 e. The Bertz CT molecular complexity index is 108. The smallest absolute Gasteiger partial charge is 0.308 e. The van der Waals surface area contributed by atoms with E-state index in [4.69, 9.17) is 0 Å². The fourth-order valence-corrected chi connectivity index (χ4v) is 0.590. The summed E-state index contributed by atoms with van der Waals surface area (Å²) in [7, 11) is 1.32. The number of esters is 1. The molecular formula is C6H12FNO2. The summed E-state index contributed by atoms with van der Waals surface area (Å²) in [6.45, 7) is 1.89. The Kier molecular flexibility index (Phi) is 4.84. The lowest BCUT2D eigenvalue weighted by atomic mass is 10.1. The molecule has 0 unspecified atom stereocenters. The van der Waals surface area contributed by atoms with E-state index in [-0.39, 0.29) is 18.4 Å². The molecule has 60 valence electrons. The molecule has 0 amide bonds. The number of carbonyl (C=O) groups is 1. The molecule has 0 spiro atoms. The summed E-state index contributed by atoms with van der Waals surface area (Å²) in [5.74, 6) is -0.525. The van der Waals surface area contributed by atoms with Gasteiger partial charge >= 0.3 is 5.97 Å². The Balaban J connectivity index is 3.41. The van der Waals surface area contributed by atoms with Crippen LogP contribution in [0.1, 0.15) is 13.3 Å². The number of carbonyl (C=O) groups excluding carboxylic acids is 1. The standard InChI is InChI=1S/C6H12FNO2/c1-5(3-4-8-7)6(9)10-2/h5,8H,3-4H2,1-2H3/t5-/m0/s1. The van der Waals surface area contributed by atoms with Gasteiger partial charge in [-0.25, -0.2) is 0 Å². The second-order valence-electron chi connectivity index (χ2n) is 2.10. The van der Waals surface area contributed by atoms with E-state index in [0.717, 1.165) is 0 Å². The van der Waals surface area contributed by atoms with E-state index in [2.05, 4.69) is 4.74 Å². The van der Waals surface area contributed by atoms with E-state index in [1.54, 1.807) is 6.92 Å². The molecule has 1 N–H and O–H groups in total. The van der Waals surface area contributed by atoms with Crippen molar-refractivity contribution in [3.63, 3.8) is 0 Å². The highest BCUT2D eigenvalue weighted by atomic mass is 19.2. The summed E-state index contributed by atoms with van der Waals surface area (Å²) in [6.07, 6.45) is 0.461. The molecule has 0 aromatic carbocycles. The number of hydrogen-bond donors (Lipinski definition) is 1. The summed E-state index contributed by atoms with van der Waals surface area (Å²) in [6, 6.07) is 0. The van der Waals surface area contributed by atoms with Crippen LogP contribution in [0, 0.1) is 5.92 Å². The first kappa shape index (κ1) is 9.36. The quantitative estimate of drug-likeness (QED) is 0.471. The maximum Gasteiger partial charge on any atom is 0.308 e. The zero-order valence-electron chi connectivity index (χ0n) is 6.19. The average Bonchev–Trinajstić information content (AvgIpc) is 1.98. The van der Waals surface area contributed by atoms with Gasteiger partial charge in [0.15, 0.2) is 0 Å². The van der Waals surface area contributed by atoms with Crippen molar-refractivity contribution in [1.29, 1.82) is 0 Å². The molecule has 0 rings (SSSR count). The van der Waals surface area contributed by atoms with Crippen molar-refractivity contribution in [1.82, 2.24) is 5.54 Å². The molecule has 0 radical (unpaired) electrons. The Morgan fingerprint density at radius 3 is 2.80 bits per heavy atom. The highest BCUT2D eigenvalue weighted by molar-refractivity contribution is 5.71.